The van der Waals surface area contributed by atoms with Crippen molar-refractivity contribution in [3.05, 3.63) is 42.0 Å². The van der Waals surface area contributed by atoms with Crippen molar-refractivity contribution in [3.8, 4) is 23.8 Å². The Morgan fingerprint density at radius 2 is 2.12 bits per heavy atom. The highest BCUT2D eigenvalue weighted by molar-refractivity contribution is 5.54. The summed E-state index contributed by atoms with van der Waals surface area (Å²) in [6.07, 6.45) is 2.52. The molecule has 0 spiro atoms. The summed E-state index contributed by atoms with van der Waals surface area (Å²) in [6, 6.07) is 8.62. The Bertz CT molecular complexity index is 576. The Labute approximate surface area is 91.1 Å². The van der Waals surface area contributed by atoms with Gasteiger partial charge in [-0.1, -0.05) is 6.07 Å². The van der Waals surface area contributed by atoms with Crippen molar-refractivity contribution < 1.29 is 9.15 Å². The van der Waals surface area contributed by atoms with E-state index in [1.807, 2.05) is 12.1 Å². The molecule has 0 radical (unpaired) electrons. The minimum atomic E-state index is 0.188. The fourth-order valence-electron chi connectivity index (χ4n) is 1.19. The lowest BCUT2D eigenvalue weighted by Gasteiger charge is -2.03. The van der Waals surface area contributed by atoms with E-state index >= 15 is 0 Å². The zero-order chi connectivity index (χ0) is 11.4. The first kappa shape index (κ1) is 9.75. The molecular weight excluding hydrogens is 206 g/mol. The lowest BCUT2D eigenvalue weighted by Crippen LogP contribution is -1.91. The molecule has 5 heteroatoms. The fourth-order valence-corrected chi connectivity index (χ4v) is 1.19. The number of hydrogen-bond donors (Lipinski definition) is 0. The van der Waals surface area contributed by atoms with E-state index in [1.165, 1.54) is 12.7 Å². The van der Waals surface area contributed by atoms with Crippen LogP contribution in [0.1, 0.15) is 11.1 Å². The maximum absolute atomic E-state index is 8.93. The molecule has 0 saturated carbocycles. The van der Waals surface area contributed by atoms with Crippen LogP contribution in [-0.4, -0.2) is 4.98 Å². The smallest absolute Gasteiger partial charge is 0.258 e. The quantitative estimate of drug-likeness (QED) is 0.760. The Hall–Kier alpha value is -2.79. The molecule has 16 heavy (non-hydrogen) atoms. The predicted molar refractivity (Wildman–Crippen MR) is 52.4 cm³/mol. The van der Waals surface area contributed by atoms with E-state index in [-0.39, 0.29) is 22.8 Å². The van der Waals surface area contributed by atoms with Gasteiger partial charge in [-0.2, -0.15) is 15.5 Å². The SMILES string of the molecule is N#Cc1cccc(Oc2cocn2)c1C#N. The summed E-state index contributed by atoms with van der Waals surface area (Å²) in [7, 11) is 0. The second-order valence-corrected chi connectivity index (χ2v) is 2.83. The van der Waals surface area contributed by atoms with E-state index in [1.54, 1.807) is 18.2 Å². The van der Waals surface area contributed by atoms with Crippen LogP contribution in [0.2, 0.25) is 0 Å². The summed E-state index contributed by atoms with van der Waals surface area (Å²) >= 11 is 0. The summed E-state index contributed by atoms with van der Waals surface area (Å²) in [6.45, 7) is 0. The number of nitrogens with zero attached hydrogens (tertiary/aromatic N) is 3. The molecule has 2 aromatic rings. The third kappa shape index (κ3) is 1.70. The molecular formula is C11H5N3O2. The number of ether oxygens (including phenoxy) is 1. The van der Waals surface area contributed by atoms with E-state index in [0.717, 1.165) is 0 Å². The summed E-state index contributed by atoms with van der Waals surface area (Å²) in [5.41, 5.74) is 0.455. The fraction of sp³-hybridized carbons (Fsp3) is 0. The van der Waals surface area contributed by atoms with E-state index in [9.17, 15) is 0 Å². The third-order valence-corrected chi connectivity index (χ3v) is 1.88. The van der Waals surface area contributed by atoms with Crippen LogP contribution in [0.15, 0.2) is 35.3 Å². The first-order valence-electron chi connectivity index (χ1n) is 4.34. The molecule has 0 saturated heterocycles. The van der Waals surface area contributed by atoms with Crippen molar-refractivity contribution in [2.24, 2.45) is 0 Å². The highest BCUT2D eigenvalue weighted by atomic mass is 16.5. The van der Waals surface area contributed by atoms with E-state index in [0.29, 0.717) is 0 Å². The summed E-state index contributed by atoms with van der Waals surface area (Å²) in [5.74, 6) is 0.530. The molecule has 1 aromatic carbocycles. The predicted octanol–water partition coefficient (Wildman–Crippen LogP) is 2.21. The second kappa shape index (κ2) is 4.16. The number of nitriles is 2. The molecule has 0 aliphatic carbocycles. The van der Waals surface area contributed by atoms with Gasteiger partial charge in [0.2, 0.25) is 0 Å². The highest BCUT2D eigenvalue weighted by Gasteiger charge is 2.10. The van der Waals surface area contributed by atoms with Gasteiger partial charge < -0.3 is 9.15 Å². The number of benzene rings is 1. The van der Waals surface area contributed by atoms with Gasteiger partial charge in [0.1, 0.15) is 23.5 Å². The van der Waals surface area contributed by atoms with Gasteiger partial charge in [0.25, 0.3) is 5.88 Å². The van der Waals surface area contributed by atoms with Gasteiger partial charge in [0.15, 0.2) is 12.7 Å². The zero-order valence-electron chi connectivity index (χ0n) is 8.04. The van der Waals surface area contributed by atoms with Crippen molar-refractivity contribution in [2.45, 2.75) is 0 Å². The zero-order valence-corrected chi connectivity index (χ0v) is 8.04. The van der Waals surface area contributed by atoms with Crippen LogP contribution in [0, 0.1) is 22.7 Å². The molecule has 5 nitrogen and oxygen atoms in total. The van der Waals surface area contributed by atoms with Crippen molar-refractivity contribution in [1.82, 2.24) is 4.98 Å². The van der Waals surface area contributed by atoms with Gasteiger partial charge in [0, 0.05) is 0 Å². The number of hydrogen-bond acceptors (Lipinski definition) is 5. The average Bonchev–Trinajstić information content (AvgIpc) is 2.81. The maximum atomic E-state index is 8.93. The molecule has 0 aliphatic heterocycles. The molecule has 0 N–H and O–H groups in total. The minimum absolute atomic E-state index is 0.188. The molecule has 2 rings (SSSR count). The van der Waals surface area contributed by atoms with Gasteiger partial charge in [-0.05, 0) is 12.1 Å². The van der Waals surface area contributed by atoms with Gasteiger partial charge in [-0.25, -0.2) is 0 Å². The molecule has 0 unspecified atom stereocenters. The number of oxazole rings is 1. The summed E-state index contributed by atoms with van der Waals surface area (Å²) in [5, 5.41) is 17.7. The van der Waals surface area contributed by atoms with Crippen molar-refractivity contribution in [1.29, 1.82) is 10.5 Å². The molecule has 0 bridgehead atoms. The normalized spacial score (nSPS) is 9.12. The molecule has 0 aliphatic rings. The minimum Gasteiger partial charge on any atom is -0.448 e. The number of aromatic nitrogens is 1. The van der Waals surface area contributed by atoms with Crippen LogP contribution < -0.4 is 4.74 Å². The van der Waals surface area contributed by atoms with Crippen LogP contribution in [0.4, 0.5) is 0 Å². The topological polar surface area (TPSA) is 82.8 Å². The van der Waals surface area contributed by atoms with E-state index in [4.69, 9.17) is 19.7 Å². The van der Waals surface area contributed by atoms with Crippen LogP contribution >= 0.6 is 0 Å². The summed E-state index contributed by atoms with van der Waals surface area (Å²) < 4.78 is 10.0. The summed E-state index contributed by atoms with van der Waals surface area (Å²) in [4.78, 5) is 3.76. The van der Waals surface area contributed by atoms with Crippen LogP contribution in [-0.2, 0) is 0 Å². The average molecular weight is 211 g/mol. The Morgan fingerprint density at radius 1 is 1.25 bits per heavy atom. The standard InChI is InChI=1S/C11H5N3O2/c12-4-8-2-1-3-10(9(8)5-13)16-11-6-15-7-14-11/h1-3,6-7H. The Kier molecular flexibility index (Phi) is 2.53. The van der Waals surface area contributed by atoms with Gasteiger partial charge in [-0.15, -0.1) is 0 Å². The Morgan fingerprint density at radius 3 is 2.75 bits per heavy atom. The van der Waals surface area contributed by atoms with Gasteiger partial charge in [-0.3, -0.25) is 0 Å². The van der Waals surface area contributed by atoms with E-state index in [2.05, 4.69) is 4.98 Å². The first-order chi connectivity index (χ1) is 7.85. The maximum Gasteiger partial charge on any atom is 0.258 e. The molecule has 0 fully saturated rings. The van der Waals surface area contributed by atoms with Crippen molar-refractivity contribution >= 4 is 0 Å². The lowest BCUT2D eigenvalue weighted by atomic mass is 10.1. The molecule has 76 valence electrons. The van der Waals surface area contributed by atoms with E-state index < -0.39 is 0 Å². The molecule has 0 amide bonds. The highest BCUT2D eigenvalue weighted by Crippen LogP contribution is 2.25. The van der Waals surface area contributed by atoms with Crippen LogP contribution in [0.25, 0.3) is 0 Å². The first-order valence-corrected chi connectivity index (χ1v) is 4.34. The monoisotopic (exact) mass is 211 g/mol. The van der Waals surface area contributed by atoms with Gasteiger partial charge >= 0.3 is 0 Å². The largest absolute Gasteiger partial charge is 0.448 e. The molecule has 1 heterocycles. The van der Waals surface area contributed by atoms with Crippen LogP contribution in [0.5, 0.6) is 11.6 Å². The third-order valence-electron chi connectivity index (χ3n) is 1.88. The lowest BCUT2D eigenvalue weighted by molar-refractivity contribution is 0.456. The van der Waals surface area contributed by atoms with Crippen molar-refractivity contribution in [3.63, 3.8) is 0 Å². The van der Waals surface area contributed by atoms with Crippen LogP contribution in [0.3, 0.4) is 0 Å². The van der Waals surface area contributed by atoms with Crippen molar-refractivity contribution in [2.75, 3.05) is 0 Å². The Balaban J connectivity index is 2.43. The van der Waals surface area contributed by atoms with Gasteiger partial charge in [0.05, 0.1) is 5.56 Å². The number of rotatable bonds is 2. The molecule has 1 aromatic heterocycles. The second-order valence-electron chi connectivity index (χ2n) is 2.83. The molecule has 0 atom stereocenters.